The van der Waals surface area contributed by atoms with Gasteiger partial charge in [0, 0.05) is 18.8 Å². The van der Waals surface area contributed by atoms with Gasteiger partial charge >= 0.3 is 5.97 Å². The van der Waals surface area contributed by atoms with Crippen LogP contribution in [-0.2, 0) is 16.0 Å². The minimum Gasteiger partial charge on any atom is -0.457 e. The summed E-state index contributed by atoms with van der Waals surface area (Å²) in [6.07, 6.45) is 5.00. The molecule has 0 amide bonds. The Labute approximate surface area is 166 Å². The SMILES string of the molecule is CC(C)(C)OC(=O)C1(CNC2CCCc3cccnc32)Nc2ccccc2N1. The Morgan fingerprint density at radius 2 is 1.93 bits per heavy atom. The van der Waals surface area contributed by atoms with Gasteiger partial charge in [-0.3, -0.25) is 4.98 Å². The first kappa shape index (κ1) is 18.7. The number of aromatic nitrogens is 1. The number of para-hydroxylation sites is 2. The summed E-state index contributed by atoms with van der Waals surface area (Å²) < 4.78 is 5.75. The molecule has 0 saturated carbocycles. The van der Waals surface area contributed by atoms with Crippen molar-refractivity contribution >= 4 is 17.3 Å². The van der Waals surface area contributed by atoms with E-state index in [1.807, 2.05) is 57.3 Å². The van der Waals surface area contributed by atoms with Crippen LogP contribution in [0.15, 0.2) is 42.6 Å². The van der Waals surface area contributed by atoms with E-state index < -0.39 is 11.3 Å². The lowest BCUT2D eigenvalue weighted by molar-refractivity contribution is -0.159. The van der Waals surface area contributed by atoms with Gasteiger partial charge in [0.15, 0.2) is 0 Å². The largest absolute Gasteiger partial charge is 0.457 e. The fourth-order valence-corrected chi connectivity index (χ4v) is 3.90. The van der Waals surface area contributed by atoms with Gasteiger partial charge in [0.05, 0.1) is 17.1 Å². The zero-order valence-corrected chi connectivity index (χ0v) is 16.7. The summed E-state index contributed by atoms with van der Waals surface area (Å²) in [7, 11) is 0. The number of hydrogen-bond acceptors (Lipinski definition) is 6. The molecule has 1 atom stereocenters. The number of rotatable bonds is 4. The van der Waals surface area contributed by atoms with Crippen LogP contribution in [0, 0.1) is 0 Å². The van der Waals surface area contributed by atoms with E-state index in [4.69, 9.17) is 4.74 Å². The minimum atomic E-state index is -1.05. The zero-order valence-electron chi connectivity index (χ0n) is 16.7. The summed E-state index contributed by atoms with van der Waals surface area (Å²) in [4.78, 5) is 17.8. The van der Waals surface area contributed by atoms with Crippen molar-refractivity contribution in [2.45, 2.75) is 57.3 Å². The molecule has 0 spiro atoms. The average Bonchev–Trinajstić information content (AvgIpc) is 3.05. The van der Waals surface area contributed by atoms with Crippen LogP contribution in [0.2, 0.25) is 0 Å². The van der Waals surface area contributed by atoms with Crippen LogP contribution in [0.3, 0.4) is 0 Å². The van der Waals surface area contributed by atoms with Crippen LogP contribution >= 0.6 is 0 Å². The molecular formula is C22H28N4O2. The minimum absolute atomic E-state index is 0.122. The highest BCUT2D eigenvalue weighted by Crippen LogP contribution is 2.36. The highest BCUT2D eigenvalue weighted by Gasteiger charge is 2.46. The number of aryl methyl sites for hydroxylation is 1. The van der Waals surface area contributed by atoms with Crippen molar-refractivity contribution in [3.63, 3.8) is 0 Å². The number of hydrogen-bond donors (Lipinski definition) is 3. The molecule has 1 aliphatic heterocycles. The monoisotopic (exact) mass is 380 g/mol. The first-order chi connectivity index (χ1) is 13.4. The maximum Gasteiger partial charge on any atom is 0.354 e. The zero-order chi connectivity index (χ0) is 19.8. The highest BCUT2D eigenvalue weighted by atomic mass is 16.6. The van der Waals surface area contributed by atoms with E-state index in [1.54, 1.807) is 0 Å². The molecule has 0 fully saturated rings. The number of esters is 1. The van der Waals surface area contributed by atoms with Gasteiger partial charge in [0.1, 0.15) is 5.60 Å². The Morgan fingerprint density at radius 1 is 1.21 bits per heavy atom. The van der Waals surface area contributed by atoms with E-state index in [0.717, 1.165) is 36.3 Å². The molecule has 2 aromatic rings. The van der Waals surface area contributed by atoms with E-state index in [2.05, 4.69) is 27.0 Å². The van der Waals surface area contributed by atoms with Gasteiger partial charge in [-0.1, -0.05) is 18.2 Å². The lowest BCUT2D eigenvalue weighted by Gasteiger charge is -2.34. The van der Waals surface area contributed by atoms with Crippen molar-refractivity contribution in [1.29, 1.82) is 0 Å². The number of carbonyl (C=O) groups excluding carboxylic acids is 1. The average molecular weight is 380 g/mol. The molecule has 1 aromatic heterocycles. The quantitative estimate of drug-likeness (QED) is 0.704. The van der Waals surface area contributed by atoms with Gasteiger partial charge < -0.3 is 20.7 Å². The summed E-state index contributed by atoms with van der Waals surface area (Å²) in [6, 6.07) is 12.1. The molecule has 1 aromatic carbocycles. The van der Waals surface area contributed by atoms with E-state index in [1.165, 1.54) is 5.56 Å². The third-order valence-electron chi connectivity index (χ3n) is 5.18. The number of anilines is 2. The van der Waals surface area contributed by atoms with Crippen molar-refractivity contribution in [1.82, 2.24) is 10.3 Å². The Morgan fingerprint density at radius 3 is 2.61 bits per heavy atom. The van der Waals surface area contributed by atoms with E-state index in [-0.39, 0.29) is 12.0 Å². The van der Waals surface area contributed by atoms with Crippen molar-refractivity contribution in [2.24, 2.45) is 0 Å². The first-order valence-corrected chi connectivity index (χ1v) is 9.92. The second-order valence-electron chi connectivity index (χ2n) is 8.58. The second kappa shape index (κ2) is 7.09. The van der Waals surface area contributed by atoms with Crippen LogP contribution in [0.5, 0.6) is 0 Å². The van der Waals surface area contributed by atoms with Gasteiger partial charge in [-0.25, -0.2) is 4.79 Å². The summed E-state index contributed by atoms with van der Waals surface area (Å²) in [5, 5.41) is 10.3. The lowest BCUT2D eigenvalue weighted by atomic mass is 9.91. The molecule has 0 bridgehead atoms. The molecule has 1 unspecified atom stereocenters. The molecule has 1 aliphatic carbocycles. The number of ether oxygens (including phenoxy) is 1. The van der Waals surface area contributed by atoms with Crippen LogP contribution in [0.1, 0.15) is 50.9 Å². The van der Waals surface area contributed by atoms with Gasteiger partial charge in [-0.2, -0.15) is 0 Å². The fourth-order valence-electron chi connectivity index (χ4n) is 3.90. The number of fused-ring (bicyclic) bond motifs is 2. The molecule has 0 radical (unpaired) electrons. The summed E-state index contributed by atoms with van der Waals surface area (Å²) in [5.41, 5.74) is 2.55. The van der Waals surface area contributed by atoms with Crippen LogP contribution in [0.4, 0.5) is 11.4 Å². The molecule has 28 heavy (non-hydrogen) atoms. The maximum atomic E-state index is 13.2. The topological polar surface area (TPSA) is 75.3 Å². The van der Waals surface area contributed by atoms with E-state index in [9.17, 15) is 4.79 Å². The predicted molar refractivity (Wildman–Crippen MR) is 110 cm³/mol. The molecule has 6 heteroatoms. The number of pyridine rings is 1. The molecule has 2 heterocycles. The highest BCUT2D eigenvalue weighted by molar-refractivity contribution is 5.94. The van der Waals surface area contributed by atoms with Gasteiger partial charge in [0.25, 0.3) is 0 Å². The van der Waals surface area contributed by atoms with Crippen molar-refractivity contribution < 1.29 is 9.53 Å². The molecule has 4 rings (SSSR count). The molecule has 2 aliphatic rings. The lowest BCUT2D eigenvalue weighted by Crippen LogP contribution is -2.59. The standard InChI is InChI=1S/C22H28N4O2/c1-21(2,3)28-20(27)22(25-16-10-4-5-11-17(16)26-22)14-24-18-12-6-8-15-9-7-13-23-19(15)18/h4-5,7,9-11,13,18,24-26H,6,8,12,14H2,1-3H3. The molecule has 0 saturated heterocycles. The van der Waals surface area contributed by atoms with E-state index in [0.29, 0.717) is 6.54 Å². The molecule has 3 N–H and O–H groups in total. The first-order valence-electron chi connectivity index (χ1n) is 9.92. The number of benzene rings is 1. The Bertz CT molecular complexity index is 850. The van der Waals surface area contributed by atoms with Crippen molar-refractivity contribution in [3.05, 3.63) is 53.9 Å². The fraction of sp³-hybridized carbons (Fsp3) is 0.455. The normalized spacial score (nSPS) is 19.8. The van der Waals surface area contributed by atoms with Crippen molar-refractivity contribution in [2.75, 3.05) is 17.2 Å². The smallest absolute Gasteiger partial charge is 0.354 e. The molecule has 6 nitrogen and oxygen atoms in total. The van der Waals surface area contributed by atoms with Crippen molar-refractivity contribution in [3.8, 4) is 0 Å². The third-order valence-corrected chi connectivity index (χ3v) is 5.18. The second-order valence-corrected chi connectivity index (χ2v) is 8.58. The van der Waals surface area contributed by atoms with Crippen LogP contribution in [-0.4, -0.2) is 28.8 Å². The molecule has 148 valence electrons. The third kappa shape index (κ3) is 3.69. The van der Waals surface area contributed by atoms with Gasteiger partial charge in [-0.15, -0.1) is 0 Å². The predicted octanol–water partition coefficient (Wildman–Crippen LogP) is 3.62. The van der Waals surface area contributed by atoms with Gasteiger partial charge in [-0.05, 0) is 63.8 Å². The maximum absolute atomic E-state index is 13.2. The Kier molecular flexibility index (Phi) is 4.75. The summed E-state index contributed by atoms with van der Waals surface area (Å²) >= 11 is 0. The van der Waals surface area contributed by atoms with E-state index >= 15 is 0 Å². The Balaban J connectivity index is 1.57. The summed E-state index contributed by atoms with van der Waals surface area (Å²) in [6.45, 7) is 6.04. The number of nitrogens with one attached hydrogen (secondary N) is 3. The van der Waals surface area contributed by atoms with Gasteiger partial charge in [0.2, 0.25) is 5.66 Å². The van der Waals surface area contributed by atoms with Crippen LogP contribution < -0.4 is 16.0 Å². The van der Waals surface area contributed by atoms with Crippen LogP contribution in [0.25, 0.3) is 0 Å². The molecular weight excluding hydrogens is 352 g/mol. The summed E-state index contributed by atoms with van der Waals surface area (Å²) in [5.74, 6) is -0.319. The number of nitrogens with zero attached hydrogens (tertiary/aromatic N) is 1. The number of carbonyl (C=O) groups is 1. The Hall–Kier alpha value is -2.60.